The summed E-state index contributed by atoms with van der Waals surface area (Å²) in [6.07, 6.45) is -20.0. The van der Waals surface area contributed by atoms with Gasteiger partial charge in [0.2, 0.25) is 11.8 Å². The molecule has 4 aromatic rings. The zero-order chi connectivity index (χ0) is 58.2. The van der Waals surface area contributed by atoms with E-state index in [0.29, 0.717) is 76.6 Å². The fourth-order valence-electron chi connectivity index (χ4n) is 8.79. The summed E-state index contributed by atoms with van der Waals surface area (Å²) in [4.78, 5) is 45.8. The number of alkyl halides is 12. The first-order valence-electron chi connectivity index (χ1n) is 24.7. The van der Waals surface area contributed by atoms with Gasteiger partial charge in [0.25, 0.3) is 0 Å². The van der Waals surface area contributed by atoms with Crippen LogP contribution in [0.3, 0.4) is 0 Å². The summed E-state index contributed by atoms with van der Waals surface area (Å²) >= 11 is 0. The van der Waals surface area contributed by atoms with Crippen LogP contribution in [0.25, 0.3) is 0 Å². The highest BCUT2D eigenvalue weighted by Crippen LogP contribution is 2.38. The van der Waals surface area contributed by atoms with Crippen LogP contribution in [-0.2, 0) is 47.1 Å². The van der Waals surface area contributed by atoms with Crippen LogP contribution < -0.4 is 5.32 Å². The average Bonchev–Trinajstić information content (AvgIpc) is 3.38. The Morgan fingerprint density at radius 1 is 0.564 bits per heavy atom. The Kier molecular flexibility index (Phi) is 23.3. The minimum Gasteiger partial charge on any atom is -0.349 e. The lowest BCUT2D eigenvalue weighted by atomic mass is 10.0. The second-order valence-electron chi connectivity index (χ2n) is 18.9. The van der Waals surface area contributed by atoms with Crippen molar-refractivity contribution in [3.05, 3.63) is 142 Å². The maximum Gasteiger partial charge on any atom is 0.416 e. The first-order chi connectivity index (χ1) is 36.5. The van der Waals surface area contributed by atoms with Crippen LogP contribution in [0.1, 0.15) is 56.6 Å². The number of nitrogens with one attached hydrogen (secondary N) is 1. The number of aliphatic imine (C=N–C) groups is 2. The molecular weight excluding hydrogens is 1050 g/mol. The number of guanidine groups is 1. The van der Waals surface area contributed by atoms with E-state index in [9.17, 15) is 62.3 Å². The molecule has 2 aliphatic rings. The van der Waals surface area contributed by atoms with E-state index in [1.165, 1.54) is 23.9 Å². The Morgan fingerprint density at radius 3 is 1.19 bits per heavy atom. The predicted molar refractivity (Wildman–Crippen MR) is 274 cm³/mol. The average molecular weight is 1120 g/mol. The van der Waals surface area contributed by atoms with E-state index >= 15 is 0 Å². The van der Waals surface area contributed by atoms with Gasteiger partial charge in [-0.1, -0.05) is 60.7 Å². The SMILES string of the molecule is CN(CCc1cc(C(F)(F)F)cc(C(F)(F)F)c1)C(=O)C(c1ccccc1)N1CCNCC1.CN=C(N(C)C)N1CCN(C(C(=O)N(C)CCc2cc(C(F)(F)F)cc(C(F)(F)F)c2)c2ccccc2)CC1.CN=C=[N+](C)C. The van der Waals surface area contributed by atoms with Gasteiger partial charge < -0.3 is 24.9 Å². The molecule has 1 N–H and O–H groups in total. The first-order valence-corrected chi connectivity index (χ1v) is 24.7. The molecule has 2 fully saturated rings. The maximum absolute atomic E-state index is 13.7. The minimum atomic E-state index is -4.92. The number of rotatable bonds is 12. The van der Waals surface area contributed by atoms with E-state index in [1.807, 2.05) is 104 Å². The van der Waals surface area contributed by atoms with Gasteiger partial charge in [-0.25, -0.2) is 4.58 Å². The molecule has 0 saturated carbocycles. The van der Waals surface area contributed by atoms with Crippen LogP contribution in [0.4, 0.5) is 52.7 Å². The van der Waals surface area contributed by atoms with Crippen LogP contribution in [0.5, 0.6) is 0 Å². The van der Waals surface area contributed by atoms with E-state index < -0.39 is 59.0 Å². The lowest BCUT2D eigenvalue weighted by molar-refractivity contribution is -0.457. The van der Waals surface area contributed by atoms with Crippen LogP contribution in [0.2, 0.25) is 0 Å². The second-order valence-corrected chi connectivity index (χ2v) is 18.9. The fourth-order valence-corrected chi connectivity index (χ4v) is 8.79. The smallest absolute Gasteiger partial charge is 0.349 e. The topological polar surface area (TPSA) is 93.3 Å². The van der Waals surface area contributed by atoms with Crippen LogP contribution in [0.15, 0.2) is 107 Å². The van der Waals surface area contributed by atoms with Gasteiger partial charge in [-0.15, -0.1) is 0 Å². The number of carbonyl (C=O) groups is 2. The number of benzene rings is 4. The Morgan fingerprint density at radius 2 is 0.910 bits per heavy atom. The second kappa shape index (κ2) is 28.4. The van der Waals surface area contributed by atoms with E-state index in [-0.39, 0.29) is 61.0 Å². The van der Waals surface area contributed by atoms with Crippen LogP contribution in [-0.4, -0.2) is 180 Å². The van der Waals surface area contributed by atoms with Gasteiger partial charge in [0.05, 0.1) is 36.3 Å². The molecule has 6 rings (SSSR count). The van der Waals surface area contributed by atoms with Crippen molar-refractivity contribution in [2.45, 2.75) is 49.6 Å². The number of amides is 2. The minimum absolute atomic E-state index is 0.0210. The summed E-state index contributed by atoms with van der Waals surface area (Å²) in [6, 6.07) is 22.8. The Bertz CT molecular complexity index is 2570. The molecule has 2 amide bonds. The van der Waals surface area contributed by atoms with Crippen molar-refractivity contribution in [3.8, 4) is 0 Å². The van der Waals surface area contributed by atoms with E-state index in [0.717, 1.165) is 17.1 Å². The summed E-state index contributed by atoms with van der Waals surface area (Å²) in [5, 5.41) is 3.22. The quantitative estimate of drug-likeness (QED) is 0.0656. The molecule has 0 bridgehead atoms. The zero-order valence-electron chi connectivity index (χ0n) is 44.8. The highest BCUT2D eigenvalue weighted by Gasteiger charge is 2.39. The Labute approximate surface area is 447 Å². The van der Waals surface area contributed by atoms with Crippen molar-refractivity contribution >= 4 is 23.8 Å². The molecular formula is C54H67F12N10O2+. The molecule has 0 aromatic heterocycles. The summed E-state index contributed by atoms with van der Waals surface area (Å²) in [7, 11) is 14.0. The number of halogens is 12. The molecule has 78 heavy (non-hydrogen) atoms. The number of hydrogen-bond donors (Lipinski definition) is 1. The molecule has 2 atom stereocenters. The fraction of sp³-hybridized carbons (Fsp3) is 0.481. The molecule has 2 saturated heterocycles. The normalized spacial score (nSPS) is 15.6. The number of piperazine rings is 2. The standard InChI is InChI=1S/C27H33F6N5O.C23H25F6N3O.C4H9N2/c1-34-25(35(2)3)38-14-12-37(13-15-38)23(20-8-6-5-7-9-20)24(39)36(4)11-10-19-16-21(26(28,29)30)18-22(17-19)27(31,32)33;1-31(10-7-16-13-18(22(24,25)26)15-19(14-16)23(27,28)29)21(33)20(17-5-3-2-4-6-17)32-11-8-30-9-12-32;1-5-4-6(2)3/h5-9,16-18,23H,10-15H2,1-4H3;2-6,13-15,20,30H,7-12H2,1H3;1-3H3/q;;+1. The van der Waals surface area contributed by atoms with Gasteiger partial charge in [-0.3, -0.25) is 24.4 Å². The van der Waals surface area contributed by atoms with E-state index in [4.69, 9.17) is 0 Å². The third kappa shape index (κ3) is 19.2. The number of likely N-dealkylation sites (N-methyl/N-ethyl adjacent to an activating group) is 2. The van der Waals surface area contributed by atoms with Crippen molar-refractivity contribution < 1.29 is 66.8 Å². The molecule has 2 aliphatic heterocycles. The summed E-state index contributed by atoms with van der Waals surface area (Å²) < 4.78 is 160. The van der Waals surface area contributed by atoms with Gasteiger partial charge >= 0.3 is 30.7 Å². The Balaban J connectivity index is 0.000000308. The van der Waals surface area contributed by atoms with Crippen molar-refractivity contribution in [1.29, 1.82) is 0 Å². The van der Waals surface area contributed by atoms with Crippen LogP contribution in [0, 0.1) is 0 Å². The molecule has 2 unspecified atom stereocenters. The van der Waals surface area contributed by atoms with Gasteiger partial charge in [0, 0.05) is 101 Å². The third-order valence-electron chi connectivity index (χ3n) is 12.6. The molecule has 0 radical (unpaired) electrons. The Hall–Kier alpha value is -6.49. The van der Waals surface area contributed by atoms with Crippen molar-refractivity contribution in [1.82, 2.24) is 34.7 Å². The highest BCUT2D eigenvalue weighted by atomic mass is 19.4. The third-order valence-corrected chi connectivity index (χ3v) is 12.6. The monoisotopic (exact) mass is 1120 g/mol. The molecule has 0 aliphatic carbocycles. The lowest BCUT2D eigenvalue weighted by Gasteiger charge is -2.41. The van der Waals surface area contributed by atoms with Crippen molar-refractivity contribution in [2.75, 3.05) is 122 Å². The van der Waals surface area contributed by atoms with E-state index in [1.54, 1.807) is 18.7 Å². The van der Waals surface area contributed by atoms with Gasteiger partial charge in [-0.05, 0) is 76.5 Å². The van der Waals surface area contributed by atoms with Crippen molar-refractivity contribution in [3.63, 3.8) is 0 Å². The van der Waals surface area contributed by atoms with Gasteiger partial charge in [0.1, 0.15) is 19.1 Å². The molecule has 12 nitrogen and oxygen atoms in total. The molecule has 428 valence electrons. The molecule has 24 heteroatoms. The number of carbonyl (C=O) groups excluding carboxylic acids is 2. The van der Waals surface area contributed by atoms with Crippen LogP contribution >= 0.6 is 0 Å². The zero-order valence-corrected chi connectivity index (χ0v) is 44.8. The summed E-state index contributed by atoms with van der Waals surface area (Å²) in [5.74, 6) is 0.287. The highest BCUT2D eigenvalue weighted by molar-refractivity contribution is 5.84. The largest absolute Gasteiger partial charge is 0.416 e. The first kappa shape index (κ1) is 64.0. The maximum atomic E-state index is 13.7. The number of hydrogen-bond acceptors (Lipinski definition) is 7. The molecule has 4 aromatic carbocycles. The molecule has 2 heterocycles. The predicted octanol–water partition coefficient (Wildman–Crippen LogP) is 9.07. The molecule has 0 spiro atoms. The summed E-state index contributed by atoms with van der Waals surface area (Å²) in [5.41, 5.74) is -4.17. The number of nitrogens with zero attached hydrogens (tertiary/aromatic N) is 9. The van der Waals surface area contributed by atoms with Gasteiger partial charge in [-0.2, -0.15) is 52.7 Å². The van der Waals surface area contributed by atoms with Crippen molar-refractivity contribution in [2.24, 2.45) is 9.98 Å². The van der Waals surface area contributed by atoms with Gasteiger partial charge in [0.15, 0.2) is 5.96 Å². The lowest BCUT2D eigenvalue weighted by Crippen LogP contribution is -2.54. The van der Waals surface area contributed by atoms with E-state index in [2.05, 4.69) is 26.2 Å². The summed E-state index contributed by atoms with van der Waals surface area (Å²) in [6.45, 7) is 5.04.